The topological polar surface area (TPSA) is 93.1 Å². The minimum absolute atomic E-state index is 0.0272. The second-order valence-electron chi connectivity index (χ2n) is 6.74. The fourth-order valence-electron chi connectivity index (χ4n) is 3.62. The molecule has 8 heteroatoms. The van der Waals surface area contributed by atoms with E-state index >= 15 is 0 Å². The van der Waals surface area contributed by atoms with E-state index in [-0.39, 0.29) is 17.5 Å². The second-order valence-corrected chi connectivity index (χ2v) is 6.74. The van der Waals surface area contributed by atoms with E-state index in [1.807, 2.05) is 30.3 Å². The summed E-state index contributed by atoms with van der Waals surface area (Å²) in [6, 6.07) is 12.7. The van der Waals surface area contributed by atoms with E-state index in [1.54, 1.807) is 27.8 Å². The molecule has 28 heavy (non-hydrogen) atoms. The van der Waals surface area contributed by atoms with Crippen molar-refractivity contribution in [2.24, 2.45) is 0 Å². The van der Waals surface area contributed by atoms with Crippen LogP contribution in [0.3, 0.4) is 0 Å². The van der Waals surface area contributed by atoms with Crippen molar-refractivity contribution in [1.29, 1.82) is 0 Å². The lowest BCUT2D eigenvalue weighted by atomic mass is 9.96. The van der Waals surface area contributed by atoms with Crippen molar-refractivity contribution in [3.8, 4) is 11.6 Å². The number of nitrogens with zero attached hydrogens (tertiary/aromatic N) is 4. The molecule has 1 amide bonds. The summed E-state index contributed by atoms with van der Waals surface area (Å²) in [6.45, 7) is 1.17. The smallest absolute Gasteiger partial charge is 0.347 e. The zero-order chi connectivity index (χ0) is 19.5. The molecule has 0 saturated carbocycles. The first-order valence-electron chi connectivity index (χ1n) is 9.19. The molecule has 4 rings (SSSR count). The Morgan fingerprint density at radius 2 is 2.07 bits per heavy atom. The summed E-state index contributed by atoms with van der Waals surface area (Å²) in [7, 11) is 1.52. The largest absolute Gasteiger partial charge is 0.481 e. The number of benzene rings is 1. The van der Waals surface area contributed by atoms with Gasteiger partial charge in [0.05, 0.1) is 12.8 Å². The quantitative estimate of drug-likeness (QED) is 0.748. The number of rotatable bonds is 4. The molecule has 1 aromatic carbocycles. The highest BCUT2D eigenvalue weighted by atomic mass is 16.5. The first-order valence-corrected chi connectivity index (χ1v) is 9.19. The molecule has 1 unspecified atom stereocenters. The Morgan fingerprint density at radius 3 is 2.86 bits per heavy atom. The summed E-state index contributed by atoms with van der Waals surface area (Å²) >= 11 is 0. The van der Waals surface area contributed by atoms with Gasteiger partial charge in [-0.1, -0.05) is 18.2 Å². The molecule has 1 atom stereocenters. The van der Waals surface area contributed by atoms with Gasteiger partial charge in [-0.3, -0.25) is 4.79 Å². The number of methoxy groups -OCH3 is 1. The van der Waals surface area contributed by atoms with Crippen molar-refractivity contribution in [3.05, 3.63) is 70.5 Å². The number of aromatic nitrogens is 4. The van der Waals surface area contributed by atoms with Crippen molar-refractivity contribution in [1.82, 2.24) is 24.6 Å². The molecule has 1 aliphatic rings. The normalized spacial score (nSPS) is 16.8. The molecule has 0 spiro atoms. The molecular weight excluding hydrogens is 358 g/mol. The number of ether oxygens (including phenoxy) is 1. The fraction of sp³-hybridized carbons (Fsp3) is 0.300. The summed E-state index contributed by atoms with van der Waals surface area (Å²) in [6.07, 6.45) is 3.27. The molecule has 1 saturated heterocycles. The van der Waals surface area contributed by atoms with Crippen LogP contribution in [0.25, 0.3) is 5.69 Å². The van der Waals surface area contributed by atoms with E-state index in [0.29, 0.717) is 30.4 Å². The third kappa shape index (κ3) is 3.40. The van der Waals surface area contributed by atoms with Crippen LogP contribution >= 0.6 is 0 Å². The van der Waals surface area contributed by atoms with Crippen LogP contribution in [-0.2, 0) is 0 Å². The third-order valence-corrected chi connectivity index (χ3v) is 4.98. The highest BCUT2D eigenvalue weighted by molar-refractivity contribution is 5.94. The van der Waals surface area contributed by atoms with Gasteiger partial charge in [0.2, 0.25) is 5.88 Å². The maximum atomic E-state index is 13.0. The Morgan fingerprint density at radius 1 is 1.25 bits per heavy atom. The van der Waals surface area contributed by atoms with Crippen LogP contribution < -0.4 is 10.4 Å². The van der Waals surface area contributed by atoms with Crippen molar-refractivity contribution in [2.45, 2.75) is 18.8 Å². The van der Waals surface area contributed by atoms with Gasteiger partial charge in [0, 0.05) is 36.8 Å². The number of pyridine rings is 1. The molecule has 3 aromatic rings. The number of amides is 1. The maximum Gasteiger partial charge on any atom is 0.347 e. The second kappa shape index (κ2) is 7.67. The predicted octanol–water partition coefficient (Wildman–Crippen LogP) is 1.98. The number of hydrogen-bond donors (Lipinski definition) is 1. The van der Waals surface area contributed by atoms with Crippen LogP contribution in [0.5, 0.6) is 5.88 Å². The molecule has 2 aromatic heterocycles. The van der Waals surface area contributed by atoms with Crippen LogP contribution in [0.4, 0.5) is 0 Å². The van der Waals surface area contributed by atoms with Crippen molar-refractivity contribution in [3.63, 3.8) is 0 Å². The summed E-state index contributed by atoms with van der Waals surface area (Å²) in [4.78, 5) is 31.1. The number of likely N-dealkylation sites (tertiary alicyclic amines) is 1. The van der Waals surface area contributed by atoms with Gasteiger partial charge in [-0.25, -0.2) is 19.4 Å². The van der Waals surface area contributed by atoms with Gasteiger partial charge in [0.15, 0.2) is 0 Å². The van der Waals surface area contributed by atoms with Gasteiger partial charge in [0.1, 0.15) is 5.82 Å². The summed E-state index contributed by atoms with van der Waals surface area (Å²) in [5, 5.41) is 6.82. The van der Waals surface area contributed by atoms with Gasteiger partial charge >= 0.3 is 5.69 Å². The molecule has 1 aliphatic heterocycles. The highest BCUT2D eigenvalue weighted by Gasteiger charge is 2.29. The van der Waals surface area contributed by atoms with Crippen LogP contribution in [0.1, 0.15) is 34.9 Å². The number of para-hydroxylation sites is 1. The van der Waals surface area contributed by atoms with Gasteiger partial charge in [-0.2, -0.15) is 5.10 Å². The molecule has 1 fully saturated rings. The first-order chi connectivity index (χ1) is 13.7. The Balaban J connectivity index is 1.60. The lowest BCUT2D eigenvalue weighted by Crippen LogP contribution is -2.40. The number of hydrogen-bond acceptors (Lipinski definition) is 5. The van der Waals surface area contributed by atoms with Crippen molar-refractivity contribution < 1.29 is 9.53 Å². The van der Waals surface area contributed by atoms with E-state index in [2.05, 4.69) is 15.2 Å². The highest BCUT2D eigenvalue weighted by Crippen LogP contribution is 2.27. The number of carbonyl (C=O) groups is 1. The Labute approximate surface area is 161 Å². The molecule has 1 N–H and O–H groups in total. The Hall–Kier alpha value is -3.42. The number of H-pyrrole nitrogens is 1. The monoisotopic (exact) mass is 379 g/mol. The number of nitrogens with one attached hydrogen (secondary N) is 1. The minimum Gasteiger partial charge on any atom is -0.481 e. The van der Waals surface area contributed by atoms with E-state index < -0.39 is 0 Å². The zero-order valence-electron chi connectivity index (χ0n) is 15.5. The zero-order valence-corrected chi connectivity index (χ0v) is 15.5. The Kier molecular flexibility index (Phi) is 4.92. The molecule has 3 heterocycles. The standard InChI is InChI=1S/C20H21N5O3/c1-28-17-12-14(9-10-21-17)19(26)24-11-5-6-15(13-24)18-22-23-20(27)25(18)16-7-3-2-4-8-16/h2-4,7-10,12,15H,5-6,11,13H2,1H3,(H,23,27). The molecule has 144 valence electrons. The maximum absolute atomic E-state index is 13.0. The molecule has 0 radical (unpaired) electrons. The minimum atomic E-state index is -0.275. The number of aromatic amines is 1. The van der Waals surface area contributed by atoms with Gasteiger partial charge in [-0.05, 0) is 31.0 Å². The van der Waals surface area contributed by atoms with Gasteiger partial charge in [-0.15, -0.1) is 0 Å². The predicted molar refractivity (Wildman–Crippen MR) is 103 cm³/mol. The van der Waals surface area contributed by atoms with Crippen LogP contribution in [0.2, 0.25) is 0 Å². The van der Waals surface area contributed by atoms with E-state index in [9.17, 15) is 9.59 Å². The number of carbonyl (C=O) groups excluding carboxylic acids is 1. The average molecular weight is 379 g/mol. The summed E-state index contributed by atoms with van der Waals surface area (Å²) in [5.74, 6) is 0.959. The Bertz CT molecular complexity index is 1030. The lowest BCUT2D eigenvalue weighted by Gasteiger charge is -2.32. The van der Waals surface area contributed by atoms with Crippen molar-refractivity contribution in [2.75, 3.05) is 20.2 Å². The fourth-order valence-corrected chi connectivity index (χ4v) is 3.62. The van der Waals surface area contributed by atoms with Gasteiger partial charge in [0.25, 0.3) is 5.91 Å². The van der Waals surface area contributed by atoms with E-state index in [0.717, 1.165) is 18.5 Å². The summed E-state index contributed by atoms with van der Waals surface area (Å²) < 4.78 is 6.71. The first kappa shape index (κ1) is 18.0. The number of piperidine rings is 1. The van der Waals surface area contributed by atoms with E-state index in [1.165, 1.54) is 7.11 Å². The lowest BCUT2D eigenvalue weighted by molar-refractivity contribution is 0.0703. The van der Waals surface area contributed by atoms with Crippen LogP contribution in [0, 0.1) is 0 Å². The van der Waals surface area contributed by atoms with Crippen LogP contribution in [-0.4, -0.2) is 50.8 Å². The molecule has 8 nitrogen and oxygen atoms in total. The van der Waals surface area contributed by atoms with E-state index in [4.69, 9.17) is 4.74 Å². The summed E-state index contributed by atoms with van der Waals surface area (Å²) in [5.41, 5.74) is 1.03. The van der Waals surface area contributed by atoms with Crippen LogP contribution in [0.15, 0.2) is 53.5 Å². The van der Waals surface area contributed by atoms with Crippen molar-refractivity contribution >= 4 is 5.91 Å². The molecule has 0 aliphatic carbocycles. The third-order valence-electron chi connectivity index (χ3n) is 4.98. The molecular formula is C20H21N5O3. The molecule has 0 bridgehead atoms. The SMILES string of the molecule is COc1cc(C(=O)N2CCCC(c3n[nH]c(=O)n3-c3ccccc3)C2)ccn1. The van der Waals surface area contributed by atoms with Gasteiger partial charge < -0.3 is 9.64 Å². The average Bonchev–Trinajstić information content (AvgIpc) is 3.15.